The Hall–Kier alpha value is -0.420. The topological polar surface area (TPSA) is 26.0 Å². The third-order valence-electron chi connectivity index (χ3n) is 2.00. The number of hydrogen-bond acceptors (Lipinski definition) is 3. The monoisotopic (exact) mass is 315 g/mol. The van der Waals surface area contributed by atoms with E-state index in [1.165, 1.54) is 15.3 Å². The van der Waals surface area contributed by atoms with Crippen LogP contribution in [0.15, 0.2) is 41.1 Å². The lowest BCUT2D eigenvalue weighted by Crippen LogP contribution is -2.11. The minimum absolute atomic E-state index is 0. The van der Waals surface area contributed by atoms with Gasteiger partial charge in [0.15, 0.2) is 0 Å². The average molecular weight is 316 g/mol. The fraction of sp³-hybridized carbons (Fsp3) is 0.167. The first kappa shape index (κ1) is 13.6. The number of hydrogen-bond donors (Lipinski definition) is 1. The normalized spacial score (nSPS) is 11.6. The Morgan fingerprint density at radius 2 is 1.69 bits per heavy atom. The van der Waals surface area contributed by atoms with Gasteiger partial charge in [-0.05, 0) is 29.8 Å². The van der Waals surface area contributed by atoms with Gasteiger partial charge < -0.3 is 5.73 Å². The second-order valence-electron chi connectivity index (χ2n) is 3.39. The molecule has 0 spiro atoms. The predicted octanol–water partition coefficient (Wildman–Crippen LogP) is 4.17. The molecule has 1 nitrogen and oxygen atoms in total. The molecule has 2 N–H and O–H groups in total. The van der Waals surface area contributed by atoms with Crippen molar-refractivity contribution in [1.29, 1.82) is 0 Å². The van der Waals surface area contributed by atoms with Gasteiger partial charge in [-0.15, -0.1) is 39.7 Å². The van der Waals surface area contributed by atoms with Gasteiger partial charge >= 0.3 is 0 Å². The van der Waals surface area contributed by atoms with E-state index in [1.54, 1.807) is 22.7 Å². The Bertz CT molecular complexity index is 393. The van der Waals surface area contributed by atoms with E-state index in [4.69, 9.17) is 5.73 Å². The molecule has 2 aromatic rings. The zero-order valence-electron chi connectivity index (χ0n) is 8.92. The molecule has 16 heavy (non-hydrogen) atoms. The van der Waals surface area contributed by atoms with Gasteiger partial charge in [0.05, 0.1) is 0 Å². The summed E-state index contributed by atoms with van der Waals surface area (Å²) in [6, 6.07) is 8.51. The van der Waals surface area contributed by atoms with Crippen molar-refractivity contribution in [2.24, 2.45) is 5.73 Å². The molecule has 2 rings (SSSR count). The van der Waals surface area contributed by atoms with Gasteiger partial charge in [-0.3, -0.25) is 0 Å². The standard InChI is InChI=1S/C12H13NS2.BrH/c1-9(13)8-10(11-4-2-6-14-11)12-5-3-7-15-12;/h2-9H,13H2,1H3;1H. The van der Waals surface area contributed by atoms with Crippen LogP contribution in [0.4, 0.5) is 0 Å². The van der Waals surface area contributed by atoms with Gasteiger partial charge in [0, 0.05) is 21.4 Å². The predicted molar refractivity (Wildman–Crippen MR) is 79.7 cm³/mol. The number of halogens is 1. The maximum absolute atomic E-state index is 5.84. The molecular weight excluding hydrogens is 302 g/mol. The van der Waals surface area contributed by atoms with Crippen molar-refractivity contribution >= 4 is 45.2 Å². The van der Waals surface area contributed by atoms with E-state index in [0.29, 0.717) is 0 Å². The summed E-state index contributed by atoms with van der Waals surface area (Å²) in [6.45, 7) is 2.00. The van der Waals surface area contributed by atoms with Crippen molar-refractivity contribution < 1.29 is 0 Å². The number of rotatable bonds is 3. The summed E-state index contributed by atoms with van der Waals surface area (Å²) in [5.41, 5.74) is 7.10. The first-order chi connectivity index (χ1) is 7.27. The molecule has 86 valence electrons. The highest BCUT2D eigenvalue weighted by molar-refractivity contribution is 8.93. The average Bonchev–Trinajstić information content (AvgIpc) is 2.87. The lowest BCUT2D eigenvalue weighted by molar-refractivity contribution is 0.928. The van der Waals surface area contributed by atoms with Crippen molar-refractivity contribution in [2.75, 3.05) is 0 Å². The molecule has 0 bridgehead atoms. The van der Waals surface area contributed by atoms with Crippen molar-refractivity contribution in [3.05, 3.63) is 50.9 Å². The van der Waals surface area contributed by atoms with Gasteiger partial charge in [-0.1, -0.05) is 18.2 Å². The van der Waals surface area contributed by atoms with Crippen LogP contribution in [0.2, 0.25) is 0 Å². The van der Waals surface area contributed by atoms with Crippen molar-refractivity contribution in [3.8, 4) is 0 Å². The zero-order chi connectivity index (χ0) is 10.7. The summed E-state index contributed by atoms with van der Waals surface area (Å²) >= 11 is 3.51. The van der Waals surface area contributed by atoms with E-state index in [9.17, 15) is 0 Å². The molecule has 0 saturated carbocycles. The van der Waals surface area contributed by atoms with E-state index in [1.807, 2.05) is 6.92 Å². The Labute approximate surface area is 114 Å². The highest BCUT2D eigenvalue weighted by atomic mass is 79.9. The van der Waals surface area contributed by atoms with Crippen LogP contribution in [-0.2, 0) is 0 Å². The second-order valence-corrected chi connectivity index (χ2v) is 5.29. The fourth-order valence-corrected chi connectivity index (χ4v) is 3.01. The molecule has 0 radical (unpaired) electrons. The zero-order valence-corrected chi connectivity index (χ0v) is 12.3. The quantitative estimate of drug-likeness (QED) is 0.904. The Morgan fingerprint density at radius 3 is 2.00 bits per heavy atom. The summed E-state index contributed by atoms with van der Waals surface area (Å²) in [4.78, 5) is 2.57. The molecule has 0 amide bonds. The molecule has 2 aromatic heterocycles. The molecule has 0 aliphatic rings. The van der Waals surface area contributed by atoms with Crippen LogP contribution in [0.1, 0.15) is 16.7 Å². The lowest BCUT2D eigenvalue weighted by atomic mass is 10.1. The van der Waals surface area contributed by atoms with Crippen molar-refractivity contribution in [2.45, 2.75) is 13.0 Å². The van der Waals surface area contributed by atoms with Crippen LogP contribution in [-0.4, -0.2) is 6.04 Å². The third-order valence-corrected chi connectivity index (χ3v) is 3.81. The van der Waals surface area contributed by atoms with Crippen LogP contribution < -0.4 is 5.73 Å². The van der Waals surface area contributed by atoms with Gasteiger partial charge in [0.25, 0.3) is 0 Å². The number of thiophene rings is 2. The Morgan fingerprint density at radius 1 is 1.19 bits per heavy atom. The SMILES string of the molecule is Br.CC(N)C=C(c1cccs1)c1cccs1. The highest BCUT2D eigenvalue weighted by Crippen LogP contribution is 2.30. The van der Waals surface area contributed by atoms with Crippen LogP contribution in [0, 0.1) is 0 Å². The van der Waals surface area contributed by atoms with E-state index >= 15 is 0 Å². The van der Waals surface area contributed by atoms with E-state index in [2.05, 4.69) is 41.1 Å². The maximum Gasteiger partial charge on any atom is 0.0354 e. The number of nitrogens with two attached hydrogens (primary N) is 1. The molecule has 0 aromatic carbocycles. The summed E-state index contributed by atoms with van der Waals surface area (Å²) in [5, 5.41) is 4.19. The van der Waals surface area contributed by atoms with Gasteiger partial charge in [0.2, 0.25) is 0 Å². The van der Waals surface area contributed by atoms with Gasteiger partial charge in [-0.25, -0.2) is 0 Å². The fourth-order valence-electron chi connectivity index (χ4n) is 1.41. The third kappa shape index (κ3) is 3.28. The Kier molecular flexibility index (Phi) is 5.41. The molecule has 0 saturated heterocycles. The van der Waals surface area contributed by atoms with Gasteiger partial charge in [-0.2, -0.15) is 0 Å². The van der Waals surface area contributed by atoms with Crippen LogP contribution in [0.5, 0.6) is 0 Å². The first-order valence-electron chi connectivity index (χ1n) is 4.82. The van der Waals surface area contributed by atoms with Crippen molar-refractivity contribution in [3.63, 3.8) is 0 Å². The molecule has 1 atom stereocenters. The Balaban J connectivity index is 0.00000128. The molecule has 0 aliphatic heterocycles. The molecular formula is C12H14BrNS2. The minimum atomic E-state index is 0. The first-order valence-corrected chi connectivity index (χ1v) is 6.58. The van der Waals surface area contributed by atoms with Crippen LogP contribution in [0.3, 0.4) is 0 Å². The molecule has 2 heterocycles. The molecule has 0 fully saturated rings. The summed E-state index contributed by atoms with van der Waals surface area (Å²) in [7, 11) is 0. The van der Waals surface area contributed by atoms with Gasteiger partial charge in [0.1, 0.15) is 0 Å². The van der Waals surface area contributed by atoms with E-state index in [0.717, 1.165) is 0 Å². The summed E-state index contributed by atoms with van der Waals surface area (Å²) < 4.78 is 0. The van der Waals surface area contributed by atoms with Crippen LogP contribution in [0.25, 0.3) is 5.57 Å². The smallest absolute Gasteiger partial charge is 0.0354 e. The highest BCUT2D eigenvalue weighted by Gasteiger charge is 2.07. The van der Waals surface area contributed by atoms with E-state index < -0.39 is 0 Å². The van der Waals surface area contributed by atoms with E-state index in [-0.39, 0.29) is 23.0 Å². The van der Waals surface area contributed by atoms with Crippen LogP contribution >= 0.6 is 39.7 Å². The van der Waals surface area contributed by atoms with Crippen molar-refractivity contribution in [1.82, 2.24) is 0 Å². The second kappa shape index (κ2) is 6.35. The minimum Gasteiger partial charge on any atom is -0.325 e. The summed E-state index contributed by atoms with van der Waals surface area (Å²) in [6.07, 6.45) is 2.12. The lowest BCUT2D eigenvalue weighted by Gasteiger charge is -2.04. The summed E-state index contributed by atoms with van der Waals surface area (Å²) in [5.74, 6) is 0. The molecule has 1 unspecified atom stereocenters. The molecule has 0 aliphatic carbocycles. The maximum atomic E-state index is 5.84. The molecule has 4 heteroatoms. The largest absolute Gasteiger partial charge is 0.325 e.